The van der Waals surface area contributed by atoms with Gasteiger partial charge in [0.25, 0.3) is 0 Å². The number of anilines is 2. The van der Waals surface area contributed by atoms with Crippen molar-refractivity contribution in [2.24, 2.45) is 11.3 Å². The lowest BCUT2D eigenvalue weighted by molar-refractivity contribution is 0.185. The minimum absolute atomic E-state index is 0.345. The van der Waals surface area contributed by atoms with E-state index in [0.29, 0.717) is 11.3 Å². The van der Waals surface area contributed by atoms with E-state index in [0.717, 1.165) is 30.5 Å². The van der Waals surface area contributed by atoms with Crippen molar-refractivity contribution in [3.63, 3.8) is 0 Å². The average Bonchev–Trinajstić information content (AvgIpc) is 2.63. The maximum absolute atomic E-state index is 5.31. The molecule has 2 heterocycles. The number of methoxy groups -OCH3 is 1. The average molecular weight is 262 g/mol. The summed E-state index contributed by atoms with van der Waals surface area (Å²) in [6.45, 7) is 4.32. The molecule has 2 N–H and O–H groups in total. The lowest BCUT2D eigenvalue weighted by Crippen LogP contribution is -2.38. The van der Waals surface area contributed by atoms with Gasteiger partial charge in [-0.3, -0.25) is 0 Å². The smallest absolute Gasteiger partial charge is 0.242 e. The van der Waals surface area contributed by atoms with Gasteiger partial charge in [-0.05, 0) is 18.8 Å². The predicted octanol–water partition coefficient (Wildman–Crippen LogP) is 2.52. The Kier molecular flexibility index (Phi) is 3.21. The molecule has 5 heteroatoms. The molecule has 1 aliphatic heterocycles. The first-order chi connectivity index (χ1) is 9.22. The van der Waals surface area contributed by atoms with Crippen molar-refractivity contribution in [1.29, 1.82) is 0 Å². The number of fused-ring (bicyclic) bond motifs is 1. The van der Waals surface area contributed by atoms with E-state index in [9.17, 15) is 0 Å². The normalized spacial score (nSPS) is 29.9. The molecule has 1 aliphatic carbocycles. The second kappa shape index (κ2) is 4.87. The molecular weight excluding hydrogens is 240 g/mol. The molecule has 0 unspecified atom stereocenters. The molecule has 1 aromatic rings. The topological polar surface area (TPSA) is 59.1 Å². The van der Waals surface area contributed by atoms with Crippen LogP contribution in [0.5, 0.6) is 5.88 Å². The van der Waals surface area contributed by atoms with Crippen LogP contribution in [0.2, 0.25) is 0 Å². The third kappa shape index (κ3) is 2.33. The molecule has 1 fully saturated rings. The Morgan fingerprint density at radius 3 is 2.68 bits per heavy atom. The summed E-state index contributed by atoms with van der Waals surface area (Å²) in [7, 11) is 1.65. The minimum Gasteiger partial charge on any atom is -0.479 e. The van der Waals surface area contributed by atoms with E-state index in [1.54, 1.807) is 13.4 Å². The van der Waals surface area contributed by atoms with Crippen LogP contribution in [-0.4, -0.2) is 30.2 Å². The van der Waals surface area contributed by atoms with Crippen LogP contribution in [0.25, 0.3) is 0 Å². The van der Waals surface area contributed by atoms with E-state index in [4.69, 9.17) is 4.74 Å². The molecule has 0 atom stereocenters. The third-order valence-electron chi connectivity index (χ3n) is 4.61. The van der Waals surface area contributed by atoms with Gasteiger partial charge in [-0.2, -0.15) is 4.98 Å². The van der Waals surface area contributed by atoms with Crippen molar-refractivity contribution < 1.29 is 4.74 Å². The Morgan fingerprint density at radius 1 is 1.21 bits per heavy atom. The number of hydrogen-bond donors (Lipinski definition) is 2. The van der Waals surface area contributed by atoms with Crippen LogP contribution in [0.3, 0.4) is 0 Å². The number of aromatic nitrogens is 2. The van der Waals surface area contributed by atoms with Crippen LogP contribution in [0, 0.1) is 11.3 Å². The second-order valence-electron chi connectivity index (χ2n) is 6.00. The molecular formula is C14H22N4O. The maximum Gasteiger partial charge on any atom is 0.242 e. The van der Waals surface area contributed by atoms with Gasteiger partial charge in [-0.1, -0.05) is 19.8 Å². The number of rotatable bonds is 1. The lowest BCUT2D eigenvalue weighted by atomic mass is 9.71. The molecule has 0 saturated heterocycles. The van der Waals surface area contributed by atoms with Crippen molar-refractivity contribution in [1.82, 2.24) is 9.97 Å². The number of hydrogen-bond acceptors (Lipinski definition) is 5. The highest BCUT2D eigenvalue weighted by molar-refractivity contribution is 5.70. The van der Waals surface area contributed by atoms with Crippen molar-refractivity contribution in [2.75, 3.05) is 30.8 Å². The summed E-state index contributed by atoms with van der Waals surface area (Å²) in [5.41, 5.74) is 1.25. The summed E-state index contributed by atoms with van der Waals surface area (Å²) >= 11 is 0. The van der Waals surface area contributed by atoms with Gasteiger partial charge >= 0.3 is 0 Å². The monoisotopic (exact) mass is 262 g/mol. The van der Waals surface area contributed by atoms with Crippen molar-refractivity contribution in [3.8, 4) is 5.88 Å². The first-order valence-corrected chi connectivity index (χ1v) is 7.09. The quantitative estimate of drug-likeness (QED) is 0.814. The van der Waals surface area contributed by atoms with Crippen LogP contribution < -0.4 is 15.4 Å². The summed E-state index contributed by atoms with van der Waals surface area (Å²) in [6.07, 6.45) is 6.74. The summed E-state index contributed by atoms with van der Waals surface area (Å²) in [5, 5.41) is 6.99. The predicted molar refractivity (Wildman–Crippen MR) is 75.6 cm³/mol. The summed E-state index contributed by atoms with van der Waals surface area (Å²) < 4.78 is 5.31. The van der Waals surface area contributed by atoms with E-state index in [-0.39, 0.29) is 0 Å². The first kappa shape index (κ1) is 12.5. The Labute approximate surface area is 114 Å². The largest absolute Gasteiger partial charge is 0.479 e. The highest BCUT2D eigenvalue weighted by atomic mass is 16.5. The van der Waals surface area contributed by atoms with Gasteiger partial charge in [0.15, 0.2) is 5.82 Å². The highest BCUT2D eigenvalue weighted by Gasteiger charge is 2.36. The molecule has 0 radical (unpaired) electrons. The SMILES string of the molecule is COc1ncnc2c1NCC1(CCC(C)CC1)CN2. The molecule has 1 saturated carbocycles. The van der Waals surface area contributed by atoms with E-state index < -0.39 is 0 Å². The van der Waals surface area contributed by atoms with Gasteiger partial charge in [-0.25, -0.2) is 4.98 Å². The van der Waals surface area contributed by atoms with E-state index >= 15 is 0 Å². The van der Waals surface area contributed by atoms with Gasteiger partial charge in [0.2, 0.25) is 5.88 Å². The molecule has 1 aromatic heterocycles. The zero-order chi connectivity index (χ0) is 13.3. The standard InChI is InChI=1S/C14H22N4O/c1-10-3-5-14(6-4-10)7-15-11-12(16-8-14)17-9-18-13(11)19-2/h9-10,15H,3-8H2,1-2H3,(H,16,17,18). The second-order valence-corrected chi connectivity index (χ2v) is 6.00. The fraction of sp³-hybridized carbons (Fsp3) is 0.714. The number of nitrogens with one attached hydrogen (secondary N) is 2. The third-order valence-corrected chi connectivity index (χ3v) is 4.61. The summed E-state index contributed by atoms with van der Waals surface area (Å²) in [4.78, 5) is 8.48. The van der Waals surface area contributed by atoms with Gasteiger partial charge in [0.05, 0.1) is 7.11 Å². The molecule has 19 heavy (non-hydrogen) atoms. The van der Waals surface area contributed by atoms with Crippen LogP contribution in [0.4, 0.5) is 11.5 Å². The van der Waals surface area contributed by atoms with Gasteiger partial charge in [-0.15, -0.1) is 0 Å². The molecule has 2 aliphatic rings. The van der Waals surface area contributed by atoms with Crippen LogP contribution in [0.1, 0.15) is 32.6 Å². The van der Waals surface area contributed by atoms with Crippen LogP contribution in [0.15, 0.2) is 6.33 Å². The molecule has 3 rings (SSSR count). The molecule has 0 aromatic carbocycles. The molecule has 104 valence electrons. The van der Waals surface area contributed by atoms with E-state index in [1.165, 1.54) is 25.7 Å². The Morgan fingerprint density at radius 2 is 1.95 bits per heavy atom. The number of nitrogens with zero attached hydrogens (tertiary/aromatic N) is 2. The zero-order valence-corrected chi connectivity index (χ0v) is 11.7. The Bertz CT molecular complexity index is 455. The highest BCUT2D eigenvalue weighted by Crippen LogP contribution is 2.42. The molecule has 5 nitrogen and oxygen atoms in total. The first-order valence-electron chi connectivity index (χ1n) is 7.09. The zero-order valence-electron chi connectivity index (χ0n) is 11.7. The Balaban J connectivity index is 1.81. The lowest BCUT2D eigenvalue weighted by Gasteiger charge is -2.38. The van der Waals surface area contributed by atoms with Gasteiger partial charge in [0, 0.05) is 18.5 Å². The maximum atomic E-state index is 5.31. The summed E-state index contributed by atoms with van der Waals surface area (Å²) in [5.74, 6) is 2.35. The van der Waals surface area contributed by atoms with Crippen molar-refractivity contribution in [3.05, 3.63) is 6.33 Å². The fourth-order valence-corrected chi connectivity index (χ4v) is 3.16. The van der Waals surface area contributed by atoms with Crippen molar-refractivity contribution in [2.45, 2.75) is 32.6 Å². The van der Waals surface area contributed by atoms with E-state index in [2.05, 4.69) is 27.5 Å². The van der Waals surface area contributed by atoms with Gasteiger partial charge in [0.1, 0.15) is 12.0 Å². The fourth-order valence-electron chi connectivity index (χ4n) is 3.16. The van der Waals surface area contributed by atoms with Crippen LogP contribution in [-0.2, 0) is 0 Å². The Hall–Kier alpha value is -1.52. The van der Waals surface area contributed by atoms with Crippen LogP contribution >= 0.6 is 0 Å². The van der Waals surface area contributed by atoms with E-state index in [1.807, 2.05) is 0 Å². The van der Waals surface area contributed by atoms with Crippen molar-refractivity contribution >= 4 is 11.5 Å². The molecule has 0 bridgehead atoms. The molecule has 0 amide bonds. The minimum atomic E-state index is 0.345. The van der Waals surface area contributed by atoms with Gasteiger partial charge < -0.3 is 15.4 Å². The summed E-state index contributed by atoms with van der Waals surface area (Å²) in [6, 6.07) is 0. The molecule has 1 spiro atoms. The number of ether oxygens (including phenoxy) is 1.